The molecule has 20 heavy (non-hydrogen) atoms. The molecule has 1 aromatic carbocycles. The molecule has 104 valence electrons. The van der Waals surface area contributed by atoms with E-state index in [1.165, 1.54) is 10.9 Å². The summed E-state index contributed by atoms with van der Waals surface area (Å²) in [4.78, 5) is 11.9. The molecule has 0 bridgehead atoms. The summed E-state index contributed by atoms with van der Waals surface area (Å²) in [5, 5.41) is 20.1. The van der Waals surface area contributed by atoms with Crippen LogP contribution in [0.3, 0.4) is 0 Å². The van der Waals surface area contributed by atoms with Crippen LogP contribution in [0.5, 0.6) is 5.75 Å². The lowest BCUT2D eigenvalue weighted by Crippen LogP contribution is -1.99. The van der Waals surface area contributed by atoms with Crippen molar-refractivity contribution in [2.24, 2.45) is 7.05 Å². The van der Waals surface area contributed by atoms with Crippen LogP contribution in [0.2, 0.25) is 0 Å². The maximum absolute atomic E-state index is 10.5. The number of tetrazole rings is 1. The highest BCUT2D eigenvalue weighted by molar-refractivity contribution is 9.10. The van der Waals surface area contributed by atoms with Crippen LogP contribution >= 0.6 is 15.9 Å². The number of halogens is 1. The van der Waals surface area contributed by atoms with Crippen molar-refractivity contribution in [1.29, 1.82) is 0 Å². The van der Waals surface area contributed by atoms with E-state index in [9.17, 15) is 4.79 Å². The van der Waals surface area contributed by atoms with E-state index in [1.807, 2.05) is 0 Å². The number of hydrogen-bond acceptors (Lipinski definition) is 5. The Morgan fingerprint density at radius 2 is 2.35 bits per heavy atom. The lowest BCUT2D eigenvalue weighted by molar-refractivity contribution is -0.131. The van der Waals surface area contributed by atoms with Crippen molar-refractivity contribution >= 4 is 28.0 Å². The van der Waals surface area contributed by atoms with Gasteiger partial charge in [-0.25, -0.2) is 4.79 Å². The predicted octanol–water partition coefficient (Wildman–Crippen LogP) is 1.65. The fraction of sp³-hybridized carbons (Fsp3) is 0.167. The molecule has 0 aliphatic rings. The third-order valence-electron chi connectivity index (χ3n) is 2.29. The van der Waals surface area contributed by atoms with Gasteiger partial charge < -0.3 is 9.84 Å². The van der Waals surface area contributed by atoms with E-state index in [0.717, 1.165) is 10.5 Å². The third kappa shape index (κ3) is 3.89. The standard InChI is InChI=1S/C12H11BrN4O3/c1-17-15-11(14-16-17)7-20-9-3-4-10(13)8(6-9)2-5-12(18)19/h2-6H,7H2,1H3,(H,18,19)/b5-2+. The Morgan fingerprint density at radius 3 is 3.00 bits per heavy atom. The maximum atomic E-state index is 10.5. The molecular weight excluding hydrogens is 328 g/mol. The maximum Gasteiger partial charge on any atom is 0.328 e. The van der Waals surface area contributed by atoms with Crippen LogP contribution in [0.15, 0.2) is 28.7 Å². The van der Waals surface area contributed by atoms with Crippen LogP contribution in [0, 0.1) is 0 Å². The molecule has 0 radical (unpaired) electrons. The molecular formula is C12H11BrN4O3. The molecule has 0 aliphatic heterocycles. The van der Waals surface area contributed by atoms with Crippen LogP contribution in [0.25, 0.3) is 6.08 Å². The Bertz CT molecular complexity index is 654. The summed E-state index contributed by atoms with van der Waals surface area (Å²) in [7, 11) is 1.67. The molecule has 0 aliphatic carbocycles. The minimum absolute atomic E-state index is 0.192. The molecule has 0 saturated carbocycles. The lowest BCUT2D eigenvalue weighted by Gasteiger charge is -2.05. The number of carboxylic acids is 1. The molecule has 2 rings (SSSR count). The van der Waals surface area contributed by atoms with Crippen LogP contribution in [0.1, 0.15) is 11.4 Å². The Hall–Kier alpha value is -2.22. The molecule has 0 saturated heterocycles. The number of carbonyl (C=O) groups is 1. The van der Waals surface area contributed by atoms with Crippen molar-refractivity contribution < 1.29 is 14.6 Å². The molecule has 2 aromatic rings. The summed E-state index contributed by atoms with van der Waals surface area (Å²) < 4.78 is 6.31. The van der Waals surface area contributed by atoms with Crippen molar-refractivity contribution in [3.8, 4) is 5.75 Å². The van der Waals surface area contributed by atoms with E-state index >= 15 is 0 Å². The number of ether oxygens (including phenoxy) is 1. The molecule has 0 unspecified atom stereocenters. The molecule has 0 amide bonds. The number of aromatic nitrogens is 4. The molecule has 0 atom stereocenters. The second-order valence-electron chi connectivity index (χ2n) is 3.84. The van der Waals surface area contributed by atoms with E-state index in [0.29, 0.717) is 17.1 Å². The molecule has 7 nitrogen and oxygen atoms in total. The number of nitrogens with zero attached hydrogens (tertiary/aromatic N) is 4. The summed E-state index contributed by atoms with van der Waals surface area (Å²) in [6, 6.07) is 5.26. The average molecular weight is 339 g/mol. The minimum atomic E-state index is -1.01. The molecule has 8 heteroatoms. The number of aryl methyl sites for hydroxylation is 1. The summed E-state index contributed by atoms with van der Waals surface area (Å²) in [6.07, 6.45) is 2.55. The smallest absolute Gasteiger partial charge is 0.328 e. The van der Waals surface area contributed by atoms with Gasteiger partial charge in [-0.1, -0.05) is 15.9 Å². The second kappa shape index (κ2) is 6.29. The summed E-state index contributed by atoms with van der Waals surface area (Å²) in [5.41, 5.74) is 0.706. The zero-order valence-corrected chi connectivity index (χ0v) is 12.1. The van der Waals surface area contributed by atoms with Gasteiger partial charge in [0.25, 0.3) is 0 Å². The van der Waals surface area contributed by atoms with Gasteiger partial charge in [0, 0.05) is 10.5 Å². The number of rotatable bonds is 5. The van der Waals surface area contributed by atoms with Gasteiger partial charge in [0.15, 0.2) is 6.61 Å². The van der Waals surface area contributed by atoms with Crippen LogP contribution in [-0.2, 0) is 18.4 Å². The van der Waals surface area contributed by atoms with Crippen LogP contribution in [0.4, 0.5) is 0 Å². The quantitative estimate of drug-likeness (QED) is 0.833. The predicted molar refractivity (Wildman–Crippen MR) is 73.9 cm³/mol. The highest BCUT2D eigenvalue weighted by atomic mass is 79.9. The molecule has 0 fully saturated rings. The van der Waals surface area contributed by atoms with Gasteiger partial charge in [0.05, 0.1) is 7.05 Å². The van der Waals surface area contributed by atoms with E-state index in [-0.39, 0.29) is 6.61 Å². The lowest BCUT2D eigenvalue weighted by atomic mass is 10.2. The van der Waals surface area contributed by atoms with Gasteiger partial charge in [0.1, 0.15) is 5.75 Å². The number of benzene rings is 1. The first-order valence-corrected chi connectivity index (χ1v) is 6.40. The molecule has 1 N–H and O–H groups in total. The highest BCUT2D eigenvalue weighted by Crippen LogP contribution is 2.24. The monoisotopic (exact) mass is 338 g/mol. The van der Waals surface area contributed by atoms with Gasteiger partial charge >= 0.3 is 5.97 Å². The summed E-state index contributed by atoms with van der Waals surface area (Å²) in [6.45, 7) is 0.192. The van der Waals surface area contributed by atoms with E-state index in [2.05, 4.69) is 31.3 Å². The summed E-state index contributed by atoms with van der Waals surface area (Å²) in [5.74, 6) is 0.0516. The first-order valence-electron chi connectivity index (χ1n) is 5.61. The number of carboxylic acid groups (broad SMARTS) is 1. The van der Waals surface area contributed by atoms with Gasteiger partial charge in [0.2, 0.25) is 5.82 Å². The normalized spacial score (nSPS) is 10.9. The Labute approximate surface area is 123 Å². The zero-order chi connectivity index (χ0) is 14.5. The largest absolute Gasteiger partial charge is 0.485 e. The Morgan fingerprint density at radius 1 is 1.55 bits per heavy atom. The summed E-state index contributed by atoms with van der Waals surface area (Å²) >= 11 is 3.34. The Balaban J connectivity index is 2.08. The van der Waals surface area contributed by atoms with E-state index in [4.69, 9.17) is 9.84 Å². The van der Waals surface area contributed by atoms with Crippen molar-refractivity contribution in [3.63, 3.8) is 0 Å². The zero-order valence-electron chi connectivity index (χ0n) is 10.5. The first-order chi connectivity index (χ1) is 9.54. The minimum Gasteiger partial charge on any atom is -0.485 e. The van der Waals surface area contributed by atoms with Crippen molar-refractivity contribution in [2.75, 3.05) is 0 Å². The average Bonchev–Trinajstić information content (AvgIpc) is 2.82. The fourth-order valence-electron chi connectivity index (χ4n) is 1.43. The topological polar surface area (TPSA) is 90.1 Å². The van der Waals surface area contributed by atoms with Crippen molar-refractivity contribution in [2.45, 2.75) is 6.61 Å². The number of hydrogen-bond donors (Lipinski definition) is 1. The van der Waals surface area contributed by atoms with Crippen LogP contribution < -0.4 is 4.74 Å². The molecule has 1 heterocycles. The second-order valence-corrected chi connectivity index (χ2v) is 4.69. The van der Waals surface area contributed by atoms with Gasteiger partial charge in [-0.05, 0) is 35.1 Å². The van der Waals surface area contributed by atoms with Crippen molar-refractivity contribution in [1.82, 2.24) is 20.2 Å². The third-order valence-corrected chi connectivity index (χ3v) is 3.01. The highest BCUT2D eigenvalue weighted by Gasteiger charge is 2.04. The SMILES string of the molecule is Cn1nnc(COc2ccc(Br)c(/C=C/C(=O)O)c2)n1. The van der Waals surface area contributed by atoms with Gasteiger partial charge in [-0.2, -0.15) is 4.80 Å². The van der Waals surface area contributed by atoms with Crippen LogP contribution in [-0.4, -0.2) is 31.3 Å². The molecule has 0 spiro atoms. The Kier molecular flexibility index (Phi) is 4.46. The van der Waals surface area contributed by atoms with Crippen molar-refractivity contribution in [3.05, 3.63) is 40.1 Å². The number of aliphatic carboxylic acids is 1. The van der Waals surface area contributed by atoms with Gasteiger partial charge in [-0.3, -0.25) is 0 Å². The first kappa shape index (κ1) is 14.2. The van der Waals surface area contributed by atoms with Gasteiger partial charge in [-0.15, -0.1) is 10.2 Å². The molecule has 1 aromatic heterocycles. The fourth-order valence-corrected chi connectivity index (χ4v) is 1.81. The van der Waals surface area contributed by atoms with E-state index in [1.54, 1.807) is 25.2 Å². The van der Waals surface area contributed by atoms with E-state index < -0.39 is 5.97 Å².